The molecule has 2 nitrogen and oxygen atoms in total. The van der Waals surface area contributed by atoms with E-state index >= 15 is 0 Å². The fourth-order valence-electron chi connectivity index (χ4n) is 1.42. The Kier molecular flexibility index (Phi) is 4.06. The van der Waals surface area contributed by atoms with Crippen LogP contribution in [-0.2, 0) is 4.74 Å². The molecule has 3 heteroatoms. The third kappa shape index (κ3) is 2.90. The van der Waals surface area contributed by atoms with Gasteiger partial charge in [0.15, 0.2) is 0 Å². The van der Waals surface area contributed by atoms with E-state index in [1.54, 1.807) is 0 Å². The van der Waals surface area contributed by atoms with Crippen molar-refractivity contribution in [3.05, 3.63) is 30.3 Å². The minimum Gasteiger partial charge on any atom is -0.380 e. The number of rotatable bonds is 2. The first-order valence-corrected chi connectivity index (χ1v) is 4.34. The highest BCUT2D eigenvalue weighted by molar-refractivity contribution is 5.85. The van der Waals surface area contributed by atoms with E-state index in [1.807, 2.05) is 18.2 Å². The number of para-hydroxylation sites is 1. The highest BCUT2D eigenvalue weighted by Crippen LogP contribution is 2.12. The number of hydrogen-bond acceptors (Lipinski definition) is 2. The summed E-state index contributed by atoms with van der Waals surface area (Å²) < 4.78 is 5.27. The van der Waals surface area contributed by atoms with E-state index in [0.29, 0.717) is 6.04 Å². The maximum Gasteiger partial charge on any atom is 0.0668 e. The SMILES string of the molecule is Cl.c1ccc(NC2CCOC2)cc1. The standard InChI is InChI=1S/C10H13NO.ClH/c1-2-4-9(5-3-1)11-10-6-7-12-8-10;/h1-5,10-11H,6-8H2;1H. The van der Waals surface area contributed by atoms with Crippen molar-refractivity contribution >= 4 is 18.1 Å². The van der Waals surface area contributed by atoms with E-state index in [1.165, 1.54) is 5.69 Å². The van der Waals surface area contributed by atoms with Gasteiger partial charge in [0.1, 0.15) is 0 Å². The lowest BCUT2D eigenvalue weighted by Crippen LogP contribution is -2.18. The molecular formula is C10H14ClNO. The van der Waals surface area contributed by atoms with Gasteiger partial charge in [0.05, 0.1) is 12.6 Å². The van der Waals surface area contributed by atoms with Crippen LogP contribution in [0.25, 0.3) is 0 Å². The molecule has 0 aromatic heterocycles. The van der Waals surface area contributed by atoms with Gasteiger partial charge in [-0.25, -0.2) is 0 Å². The molecule has 0 spiro atoms. The lowest BCUT2D eigenvalue weighted by molar-refractivity contribution is 0.195. The minimum atomic E-state index is 0. The predicted molar refractivity (Wildman–Crippen MR) is 56.5 cm³/mol. The quantitative estimate of drug-likeness (QED) is 0.790. The molecule has 1 heterocycles. The molecule has 1 saturated heterocycles. The molecule has 1 aliphatic heterocycles. The van der Waals surface area contributed by atoms with Crippen molar-refractivity contribution in [3.8, 4) is 0 Å². The molecule has 0 bridgehead atoms. The zero-order valence-electron chi connectivity index (χ0n) is 7.40. The van der Waals surface area contributed by atoms with Crippen LogP contribution >= 0.6 is 12.4 Å². The Labute approximate surface area is 84.7 Å². The zero-order chi connectivity index (χ0) is 8.23. The van der Waals surface area contributed by atoms with Crippen LogP contribution in [0.3, 0.4) is 0 Å². The van der Waals surface area contributed by atoms with Crippen LogP contribution in [0.2, 0.25) is 0 Å². The van der Waals surface area contributed by atoms with E-state index in [0.717, 1.165) is 19.6 Å². The molecule has 13 heavy (non-hydrogen) atoms. The molecule has 1 fully saturated rings. The van der Waals surface area contributed by atoms with Crippen LogP contribution in [0.5, 0.6) is 0 Å². The van der Waals surface area contributed by atoms with Crippen molar-refractivity contribution < 1.29 is 4.74 Å². The summed E-state index contributed by atoms with van der Waals surface area (Å²) in [5, 5.41) is 3.42. The van der Waals surface area contributed by atoms with E-state index < -0.39 is 0 Å². The minimum absolute atomic E-state index is 0. The van der Waals surface area contributed by atoms with Crippen molar-refractivity contribution in [3.63, 3.8) is 0 Å². The number of hydrogen-bond donors (Lipinski definition) is 1. The first kappa shape index (κ1) is 10.4. The maximum atomic E-state index is 5.27. The normalized spacial score (nSPS) is 20.8. The van der Waals surface area contributed by atoms with Crippen molar-refractivity contribution in [2.45, 2.75) is 12.5 Å². The number of ether oxygens (including phenoxy) is 1. The van der Waals surface area contributed by atoms with Gasteiger partial charge >= 0.3 is 0 Å². The fourth-order valence-corrected chi connectivity index (χ4v) is 1.42. The molecule has 1 atom stereocenters. The van der Waals surface area contributed by atoms with Gasteiger partial charge in [0, 0.05) is 12.3 Å². The molecule has 0 aliphatic carbocycles. The third-order valence-corrected chi connectivity index (χ3v) is 2.07. The second-order valence-corrected chi connectivity index (χ2v) is 3.07. The maximum absolute atomic E-state index is 5.27. The summed E-state index contributed by atoms with van der Waals surface area (Å²) in [7, 11) is 0. The summed E-state index contributed by atoms with van der Waals surface area (Å²) >= 11 is 0. The molecule has 1 aliphatic rings. The first-order valence-electron chi connectivity index (χ1n) is 4.34. The highest BCUT2D eigenvalue weighted by Gasteiger charge is 2.14. The van der Waals surface area contributed by atoms with Gasteiger partial charge in [-0.15, -0.1) is 12.4 Å². The van der Waals surface area contributed by atoms with Crippen molar-refractivity contribution in [1.82, 2.24) is 0 Å². The van der Waals surface area contributed by atoms with Crippen molar-refractivity contribution in [2.75, 3.05) is 18.5 Å². The number of nitrogens with one attached hydrogen (secondary N) is 1. The molecule has 1 N–H and O–H groups in total. The van der Waals surface area contributed by atoms with Gasteiger partial charge in [-0.3, -0.25) is 0 Å². The van der Waals surface area contributed by atoms with Crippen LogP contribution in [0.4, 0.5) is 5.69 Å². The van der Waals surface area contributed by atoms with E-state index in [9.17, 15) is 0 Å². The summed E-state index contributed by atoms with van der Waals surface area (Å²) in [6, 6.07) is 10.8. The van der Waals surface area contributed by atoms with Crippen LogP contribution in [0.15, 0.2) is 30.3 Å². The van der Waals surface area contributed by atoms with Gasteiger partial charge in [-0.1, -0.05) is 18.2 Å². The van der Waals surface area contributed by atoms with Gasteiger partial charge in [0.2, 0.25) is 0 Å². The summed E-state index contributed by atoms with van der Waals surface area (Å²) in [6.45, 7) is 1.74. The molecular weight excluding hydrogens is 186 g/mol. The van der Waals surface area contributed by atoms with Gasteiger partial charge in [-0.2, -0.15) is 0 Å². The number of benzene rings is 1. The lowest BCUT2D eigenvalue weighted by Gasteiger charge is -2.11. The summed E-state index contributed by atoms with van der Waals surface area (Å²) in [5.41, 5.74) is 1.19. The third-order valence-electron chi connectivity index (χ3n) is 2.07. The number of halogens is 1. The zero-order valence-corrected chi connectivity index (χ0v) is 8.22. The monoisotopic (exact) mass is 199 g/mol. The Hall–Kier alpha value is -0.730. The highest BCUT2D eigenvalue weighted by atomic mass is 35.5. The van der Waals surface area contributed by atoms with Crippen LogP contribution in [-0.4, -0.2) is 19.3 Å². The van der Waals surface area contributed by atoms with Gasteiger partial charge < -0.3 is 10.1 Å². The van der Waals surface area contributed by atoms with Crippen LogP contribution < -0.4 is 5.32 Å². The smallest absolute Gasteiger partial charge is 0.0668 e. The second-order valence-electron chi connectivity index (χ2n) is 3.07. The van der Waals surface area contributed by atoms with E-state index in [-0.39, 0.29) is 12.4 Å². The molecule has 0 radical (unpaired) electrons. The van der Waals surface area contributed by atoms with E-state index in [2.05, 4.69) is 17.4 Å². The van der Waals surface area contributed by atoms with Gasteiger partial charge in [0.25, 0.3) is 0 Å². The molecule has 1 unspecified atom stereocenters. The van der Waals surface area contributed by atoms with E-state index in [4.69, 9.17) is 4.74 Å². The summed E-state index contributed by atoms with van der Waals surface area (Å²) in [6.07, 6.45) is 1.12. The Morgan fingerprint density at radius 3 is 2.62 bits per heavy atom. The number of anilines is 1. The molecule has 0 saturated carbocycles. The van der Waals surface area contributed by atoms with Gasteiger partial charge in [-0.05, 0) is 18.6 Å². The first-order chi connectivity index (χ1) is 5.95. The fraction of sp³-hybridized carbons (Fsp3) is 0.400. The Balaban J connectivity index is 0.000000845. The average molecular weight is 200 g/mol. The molecule has 72 valence electrons. The Morgan fingerprint density at radius 2 is 2.00 bits per heavy atom. The Morgan fingerprint density at radius 1 is 1.23 bits per heavy atom. The Bertz CT molecular complexity index is 234. The largest absolute Gasteiger partial charge is 0.380 e. The molecule has 1 aromatic carbocycles. The lowest BCUT2D eigenvalue weighted by atomic mass is 10.2. The van der Waals surface area contributed by atoms with Crippen molar-refractivity contribution in [2.24, 2.45) is 0 Å². The molecule has 0 amide bonds. The molecule has 2 rings (SSSR count). The summed E-state index contributed by atoms with van der Waals surface area (Å²) in [5.74, 6) is 0. The van der Waals surface area contributed by atoms with Crippen LogP contribution in [0.1, 0.15) is 6.42 Å². The average Bonchev–Trinajstić information content (AvgIpc) is 2.59. The topological polar surface area (TPSA) is 21.3 Å². The van der Waals surface area contributed by atoms with Crippen LogP contribution in [0, 0.1) is 0 Å². The van der Waals surface area contributed by atoms with Crippen molar-refractivity contribution in [1.29, 1.82) is 0 Å². The molecule has 1 aromatic rings. The summed E-state index contributed by atoms with van der Waals surface area (Å²) in [4.78, 5) is 0. The predicted octanol–water partition coefficient (Wildman–Crippen LogP) is 2.31. The second kappa shape index (κ2) is 5.10.